The summed E-state index contributed by atoms with van der Waals surface area (Å²) in [6, 6.07) is 3.18. The van der Waals surface area contributed by atoms with E-state index in [1.165, 1.54) is 16.6 Å². The van der Waals surface area contributed by atoms with Gasteiger partial charge in [-0.2, -0.15) is 17.0 Å². The van der Waals surface area contributed by atoms with Crippen molar-refractivity contribution in [1.82, 2.24) is 13.6 Å². The average Bonchev–Trinajstić information content (AvgIpc) is 3.39. The van der Waals surface area contributed by atoms with Crippen molar-refractivity contribution in [2.24, 2.45) is 5.92 Å². The highest BCUT2D eigenvalue weighted by molar-refractivity contribution is 7.86. The molecule has 128 valence electrons. The molecule has 1 saturated heterocycles. The summed E-state index contributed by atoms with van der Waals surface area (Å²) in [6.07, 6.45) is 4.93. The maximum Gasteiger partial charge on any atom is 0.281 e. The second-order valence-electron chi connectivity index (χ2n) is 6.68. The molecule has 1 saturated carbocycles. The Kier molecular flexibility index (Phi) is 4.71. The third-order valence-corrected chi connectivity index (χ3v) is 7.27. The Hall–Kier alpha value is -1.05. The number of piperidine rings is 1. The molecule has 0 N–H and O–H groups in total. The molecule has 2 aliphatic rings. The highest BCUT2D eigenvalue weighted by Crippen LogP contribution is 2.36. The van der Waals surface area contributed by atoms with Gasteiger partial charge in [0, 0.05) is 37.8 Å². The quantitative estimate of drug-likeness (QED) is 0.826. The van der Waals surface area contributed by atoms with Gasteiger partial charge in [-0.3, -0.25) is 4.98 Å². The molecule has 1 aliphatic carbocycles. The van der Waals surface area contributed by atoms with Crippen molar-refractivity contribution in [1.29, 1.82) is 0 Å². The fourth-order valence-corrected chi connectivity index (χ4v) is 4.91. The minimum atomic E-state index is -3.39. The summed E-state index contributed by atoms with van der Waals surface area (Å²) in [7, 11) is -1.71. The molecule has 1 unspecified atom stereocenters. The predicted octanol–water partition coefficient (Wildman–Crippen LogP) is 2.38. The van der Waals surface area contributed by atoms with Crippen LogP contribution in [0.4, 0.5) is 4.39 Å². The molecule has 2 fully saturated rings. The third kappa shape index (κ3) is 3.56. The van der Waals surface area contributed by atoms with Crippen LogP contribution in [0.2, 0.25) is 0 Å². The molecule has 5 nitrogen and oxygen atoms in total. The van der Waals surface area contributed by atoms with E-state index in [0.29, 0.717) is 19.0 Å². The Balaban J connectivity index is 1.62. The number of hydrogen-bond donors (Lipinski definition) is 0. The Morgan fingerprint density at radius 3 is 2.43 bits per heavy atom. The van der Waals surface area contributed by atoms with Crippen LogP contribution in [0.1, 0.15) is 44.2 Å². The van der Waals surface area contributed by atoms with E-state index in [-0.39, 0.29) is 17.8 Å². The summed E-state index contributed by atoms with van der Waals surface area (Å²) in [4.78, 5) is 4.13. The number of nitrogens with zero attached hydrogens (tertiary/aromatic N) is 3. The van der Waals surface area contributed by atoms with Gasteiger partial charge in [0.15, 0.2) is 0 Å². The van der Waals surface area contributed by atoms with Gasteiger partial charge in [0.05, 0.1) is 6.20 Å². The minimum absolute atomic E-state index is 0.0662. The van der Waals surface area contributed by atoms with Gasteiger partial charge in [0.25, 0.3) is 10.2 Å². The number of halogens is 1. The lowest BCUT2D eigenvalue weighted by atomic mass is 9.94. The molecule has 0 radical (unpaired) electrons. The summed E-state index contributed by atoms with van der Waals surface area (Å²) in [5.74, 6) is 0.369. The first kappa shape index (κ1) is 16.8. The molecule has 0 spiro atoms. The lowest BCUT2D eigenvalue weighted by molar-refractivity contribution is 0.271. The zero-order chi connectivity index (χ0) is 16.6. The molecule has 0 bridgehead atoms. The van der Waals surface area contributed by atoms with Gasteiger partial charge in [0.2, 0.25) is 0 Å². The van der Waals surface area contributed by atoms with Crippen molar-refractivity contribution in [3.8, 4) is 0 Å². The first-order valence-electron chi connectivity index (χ1n) is 8.24. The number of pyridine rings is 1. The van der Waals surface area contributed by atoms with Crippen LogP contribution in [0, 0.1) is 11.7 Å². The SMILES string of the molecule is CC(C1CC1)N(C)S(=O)(=O)N1CCC(c2ccc(F)cn2)CC1. The minimum Gasteiger partial charge on any atom is -0.258 e. The van der Waals surface area contributed by atoms with Gasteiger partial charge >= 0.3 is 0 Å². The standard InChI is InChI=1S/C16H24FN3O2S/c1-12(13-3-4-13)19(2)23(21,22)20-9-7-14(8-10-20)16-6-5-15(17)11-18-16/h5-6,11-14H,3-4,7-10H2,1-2H3. The second kappa shape index (κ2) is 6.45. The van der Waals surface area contributed by atoms with Crippen molar-refractivity contribution in [2.45, 2.75) is 44.6 Å². The third-order valence-electron chi connectivity index (χ3n) is 5.19. The summed E-state index contributed by atoms with van der Waals surface area (Å²) < 4.78 is 41.5. The molecule has 2 heterocycles. The fourth-order valence-electron chi connectivity index (χ4n) is 3.28. The van der Waals surface area contributed by atoms with Crippen molar-refractivity contribution in [2.75, 3.05) is 20.1 Å². The molecule has 1 atom stereocenters. The molecule has 23 heavy (non-hydrogen) atoms. The lowest BCUT2D eigenvalue weighted by Crippen LogP contribution is -2.48. The van der Waals surface area contributed by atoms with E-state index >= 15 is 0 Å². The summed E-state index contributed by atoms with van der Waals surface area (Å²) in [5.41, 5.74) is 0.850. The first-order chi connectivity index (χ1) is 10.9. The van der Waals surface area contributed by atoms with Crippen molar-refractivity contribution < 1.29 is 12.8 Å². The van der Waals surface area contributed by atoms with E-state index in [2.05, 4.69) is 4.98 Å². The Labute approximate surface area is 137 Å². The van der Waals surface area contributed by atoms with Gasteiger partial charge in [-0.05, 0) is 50.7 Å². The average molecular weight is 341 g/mol. The fraction of sp³-hybridized carbons (Fsp3) is 0.688. The smallest absolute Gasteiger partial charge is 0.258 e. The van der Waals surface area contributed by atoms with Gasteiger partial charge < -0.3 is 0 Å². The van der Waals surface area contributed by atoms with Crippen LogP contribution < -0.4 is 0 Å². The van der Waals surface area contributed by atoms with Crippen LogP contribution in [0.15, 0.2) is 18.3 Å². The van der Waals surface area contributed by atoms with Gasteiger partial charge in [0.1, 0.15) is 5.82 Å². The molecular formula is C16H24FN3O2S. The topological polar surface area (TPSA) is 53.5 Å². The number of rotatable bonds is 5. The van der Waals surface area contributed by atoms with Crippen LogP contribution in [0.3, 0.4) is 0 Å². The van der Waals surface area contributed by atoms with Crippen LogP contribution >= 0.6 is 0 Å². The highest BCUT2D eigenvalue weighted by atomic mass is 32.2. The first-order valence-corrected chi connectivity index (χ1v) is 9.64. The zero-order valence-corrected chi connectivity index (χ0v) is 14.5. The van der Waals surface area contributed by atoms with Gasteiger partial charge in [-0.15, -0.1) is 0 Å². The molecule has 1 aromatic heterocycles. The summed E-state index contributed by atoms with van der Waals surface area (Å²) >= 11 is 0. The van der Waals surface area contributed by atoms with Crippen molar-refractivity contribution in [3.05, 3.63) is 29.8 Å². The van der Waals surface area contributed by atoms with Gasteiger partial charge in [-0.1, -0.05) is 0 Å². The van der Waals surface area contributed by atoms with E-state index in [0.717, 1.165) is 31.4 Å². The highest BCUT2D eigenvalue weighted by Gasteiger charge is 2.39. The van der Waals surface area contributed by atoms with E-state index in [9.17, 15) is 12.8 Å². The molecule has 7 heteroatoms. The number of aromatic nitrogens is 1. The molecular weight excluding hydrogens is 317 g/mol. The summed E-state index contributed by atoms with van der Waals surface area (Å²) in [5, 5.41) is 0. The van der Waals surface area contributed by atoms with Crippen molar-refractivity contribution >= 4 is 10.2 Å². The Morgan fingerprint density at radius 2 is 1.91 bits per heavy atom. The van der Waals surface area contributed by atoms with Crippen LogP contribution in [-0.2, 0) is 10.2 Å². The maximum atomic E-state index is 13.0. The second-order valence-corrected chi connectivity index (χ2v) is 8.66. The zero-order valence-electron chi connectivity index (χ0n) is 13.7. The molecule has 0 amide bonds. The van der Waals surface area contributed by atoms with E-state index in [1.54, 1.807) is 17.4 Å². The monoisotopic (exact) mass is 341 g/mol. The van der Waals surface area contributed by atoms with E-state index in [1.807, 2.05) is 6.92 Å². The van der Waals surface area contributed by atoms with Crippen LogP contribution in [0.5, 0.6) is 0 Å². The van der Waals surface area contributed by atoms with E-state index < -0.39 is 10.2 Å². The predicted molar refractivity (Wildman–Crippen MR) is 86.6 cm³/mol. The number of hydrogen-bond acceptors (Lipinski definition) is 3. The normalized spacial score (nSPS) is 22.4. The van der Waals surface area contributed by atoms with Gasteiger partial charge in [-0.25, -0.2) is 4.39 Å². The molecule has 1 aliphatic heterocycles. The van der Waals surface area contributed by atoms with Crippen molar-refractivity contribution in [3.63, 3.8) is 0 Å². The molecule has 0 aromatic carbocycles. The largest absolute Gasteiger partial charge is 0.281 e. The van der Waals surface area contributed by atoms with Crippen LogP contribution in [-0.4, -0.2) is 48.2 Å². The lowest BCUT2D eigenvalue weighted by Gasteiger charge is -2.35. The van der Waals surface area contributed by atoms with E-state index in [4.69, 9.17) is 0 Å². The van der Waals surface area contributed by atoms with Crippen LogP contribution in [0.25, 0.3) is 0 Å². The Bertz CT molecular complexity index is 638. The molecule has 3 rings (SSSR count). The molecule has 1 aromatic rings. The summed E-state index contributed by atoms with van der Waals surface area (Å²) in [6.45, 7) is 2.98. The maximum absolute atomic E-state index is 13.0. The Morgan fingerprint density at radius 1 is 1.26 bits per heavy atom.